The maximum absolute atomic E-state index is 15.1. The summed E-state index contributed by atoms with van der Waals surface area (Å²) in [6, 6.07) is 0. The number of carbonyl (C=O) groups is 3. The van der Waals surface area contributed by atoms with Gasteiger partial charge in [-0.3, -0.25) is 9.59 Å². The van der Waals surface area contributed by atoms with Gasteiger partial charge in [-0.1, -0.05) is 41.5 Å². The van der Waals surface area contributed by atoms with Crippen molar-refractivity contribution < 1.29 is 76.9 Å². The Kier molecular flexibility index (Phi) is 10.9. The quantitative estimate of drug-likeness (QED) is 0.243. The molecule has 0 aromatic carbocycles. The van der Waals surface area contributed by atoms with Crippen molar-refractivity contribution in [3.05, 3.63) is 0 Å². The van der Waals surface area contributed by atoms with E-state index in [4.69, 9.17) is 62.5 Å². The van der Waals surface area contributed by atoms with E-state index in [-0.39, 0.29) is 60.2 Å². The zero-order valence-corrected chi connectivity index (χ0v) is 40.8. The topological polar surface area (TPSA) is 174 Å². The van der Waals surface area contributed by atoms with Crippen molar-refractivity contribution in [1.29, 1.82) is 0 Å². The Labute approximate surface area is 393 Å². The molecule has 15 rings (SSSR count). The smallest absolute Gasteiger partial charge is 0.418 e. The number of nitrogens with zero attached hydrogens (tertiary/aromatic N) is 1. The van der Waals surface area contributed by atoms with Crippen LogP contribution in [0, 0.1) is 71.0 Å². The van der Waals surface area contributed by atoms with Crippen LogP contribution in [0.2, 0.25) is 0 Å². The minimum Gasteiger partial charge on any atom is -0.418 e. The van der Waals surface area contributed by atoms with E-state index < -0.39 is 95.4 Å². The van der Waals surface area contributed by atoms with Crippen molar-refractivity contribution >= 4 is 17.9 Å². The van der Waals surface area contributed by atoms with Crippen LogP contribution in [-0.2, 0) is 72.1 Å². The lowest BCUT2D eigenvalue weighted by Crippen LogP contribution is -2.71. The SMILES string of the molecule is C[C@H]1[C@H](OC(=O)N(C(=O)CC2O[C@@H]3O[C@]4(C)CC[C@H]5[C@H](C)CC[C@@H]([C@H]2C)[C@@]35OO4)C(=O)CC2O[C@@H]3O[C@]4(C)CC[C@H]5[C@H](C)CC[C@@H]([C@H]2C)[C@@]35OO4)O[C@@H]2O[C@@]3(C)CC[C@H]4[C@H](C)CC[C@@H]1[C@@]24OO3. The number of hydrogen-bond donors (Lipinski definition) is 0. The van der Waals surface area contributed by atoms with E-state index in [1.54, 1.807) is 0 Å². The zero-order chi connectivity index (χ0) is 46.8. The van der Waals surface area contributed by atoms with Gasteiger partial charge in [0.1, 0.15) is 0 Å². The van der Waals surface area contributed by atoms with Gasteiger partial charge in [-0.25, -0.2) is 34.1 Å². The van der Waals surface area contributed by atoms with E-state index >= 15 is 9.59 Å². The summed E-state index contributed by atoms with van der Waals surface area (Å²) in [5, 5.41) is 0. The van der Waals surface area contributed by atoms with Crippen LogP contribution in [0.25, 0.3) is 0 Å². The molecule has 17 nitrogen and oxygen atoms in total. The van der Waals surface area contributed by atoms with E-state index in [1.807, 2.05) is 27.7 Å². The van der Waals surface area contributed by atoms with Gasteiger partial charge in [0.2, 0.25) is 35.5 Å². The molecule has 0 N–H and O–H groups in total. The van der Waals surface area contributed by atoms with Crippen LogP contribution >= 0.6 is 0 Å². The molecule has 17 heteroatoms. The van der Waals surface area contributed by atoms with Crippen molar-refractivity contribution in [3.63, 3.8) is 0 Å². The molecule has 6 bridgehead atoms. The fourth-order valence-electron chi connectivity index (χ4n) is 16.5. The third-order valence-electron chi connectivity index (χ3n) is 20.3. The highest BCUT2D eigenvalue weighted by molar-refractivity contribution is 6.09. The summed E-state index contributed by atoms with van der Waals surface area (Å²) in [5.74, 6) is -4.27. The molecule has 0 aromatic rings. The van der Waals surface area contributed by atoms with Gasteiger partial charge in [0.05, 0.1) is 25.0 Å². The van der Waals surface area contributed by atoms with E-state index in [2.05, 4.69) is 34.6 Å². The van der Waals surface area contributed by atoms with Crippen molar-refractivity contribution in [3.8, 4) is 0 Å². The number of amides is 3. The lowest BCUT2D eigenvalue weighted by molar-refractivity contribution is -0.576. The number of imide groups is 3. The van der Waals surface area contributed by atoms with Crippen LogP contribution in [0.5, 0.6) is 0 Å². The van der Waals surface area contributed by atoms with Crippen molar-refractivity contribution in [1.82, 2.24) is 4.90 Å². The van der Waals surface area contributed by atoms with E-state index in [0.717, 1.165) is 57.8 Å². The number of fused-ring (bicyclic) bond motifs is 6. The van der Waals surface area contributed by atoms with Crippen LogP contribution < -0.4 is 0 Å². The average molecular weight is 944 g/mol. The van der Waals surface area contributed by atoms with Crippen molar-refractivity contribution in [2.24, 2.45) is 71.0 Å². The highest BCUT2D eigenvalue weighted by Crippen LogP contribution is 2.64. The molecule has 374 valence electrons. The highest BCUT2D eigenvalue weighted by Gasteiger charge is 2.73. The maximum Gasteiger partial charge on any atom is 0.425 e. The Bertz CT molecular complexity index is 1790. The molecule has 15 fully saturated rings. The summed E-state index contributed by atoms with van der Waals surface area (Å²) in [6.07, 6.45) is 3.01. The third-order valence-corrected chi connectivity index (χ3v) is 20.3. The zero-order valence-electron chi connectivity index (χ0n) is 40.8. The Morgan fingerprint density at radius 2 is 0.821 bits per heavy atom. The van der Waals surface area contributed by atoms with Gasteiger partial charge in [0.15, 0.2) is 35.7 Å². The summed E-state index contributed by atoms with van der Waals surface area (Å²) < 4.78 is 46.3. The summed E-state index contributed by atoms with van der Waals surface area (Å²) in [7, 11) is 0. The molecule has 12 saturated heterocycles. The number of ether oxygens (including phenoxy) is 7. The molecule has 24 atom stereocenters. The van der Waals surface area contributed by atoms with Crippen LogP contribution in [-0.4, -0.2) is 94.3 Å². The Hall–Kier alpha value is -1.87. The van der Waals surface area contributed by atoms with Gasteiger partial charge in [-0.15, -0.1) is 0 Å². The molecule has 67 heavy (non-hydrogen) atoms. The van der Waals surface area contributed by atoms with Gasteiger partial charge in [-0.05, 0) is 126 Å². The van der Waals surface area contributed by atoms with Crippen LogP contribution in [0.4, 0.5) is 4.79 Å². The molecular weight excluding hydrogens is 871 g/mol. The predicted octanol–water partition coefficient (Wildman–Crippen LogP) is 7.97. The first-order chi connectivity index (χ1) is 31.8. The molecule has 12 heterocycles. The van der Waals surface area contributed by atoms with E-state index in [1.165, 1.54) is 0 Å². The molecule has 0 radical (unpaired) electrons. The maximum atomic E-state index is 15.1. The minimum absolute atomic E-state index is 0.0633. The van der Waals surface area contributed by atoms with Crippen LogP contribution in [0.3, 0.4) is 0 Å². The molecule has 2 unspecified atom stereocenters. The second-order valence-corrected chi connectivity index (χ2v) is 24.1. The van der Waals surface area contributed by atoms with E-state index in [0.29, 0.717) is 41.9 Å². The molecule has 3 amide bonds. The summed E-state index contributed by atoms with van der Waals surface area (Å²) in [5.41, 5.74) is -2.59. The molecule has 0 aromatic heterocycles. The number of hydrogen-bond acceptors (Lipinski definition) is 16. The fraction of sp³-hybridized carbons (Fsp3) is 0.940. The second kappa shape index (κ2) is 15.8. The summed E-state index contributed by atoms with van der Waals surface area (Å²) in [4.78, 5) is 83.1. The third kappa shape index (κ3) is 6.64. The predicted molar refractivity (Wildman–Crippen MR) is 228 cm³/mol. The Balaban J connectivity index is 0.842. The van der Waals surface area contributed by atoms with Crippen LogP contribution in [0.15, 0.2) is 0 Å². The van der Waals surface area contributed by atoms with Gasteiger partial charge >= 0.3 is 6.09 Å². The molecule has 15 aliphatic rings. The Morgan fingerprint density at radius 1 is 0.463 bits per heavy atom. The Morgan fingerprint density at radius 3 is 1.21 bits per heavy atom. The first-order valence-corrected chi connectivity index (χ1v) is 26.0. The van der Waals surface area contributed by atoms with Gasteiger partial charge in [0.25, 0.3) is 0 Å². The standard InChI is InChI=1S/C50H73NO16/c1-24-10-13-33-27(4)36(55-41-48(33)30(24)16-19-45(7,59-41)62-65-48)22-38(52)51(39(53)23-37-28(5)34-14-11-25(2)31-17-20-46(8)60-42(56-37)49(31,34)66-63-46)44(54)58-40-29(6)35-15-12-26(3)32-18-21-47(9)61-43(57-40)50(32,35)67-64-47/h24-37,40-43H,10-23H2,1-9H3/t24-,25-,26-,27-,28-,29-,30+,31+,32+,33+,34+,35+,36?,37?,40+,41-,42-,43-,45+,46+,47-,48-,49-,50-/m1/s1. The highest BCUT2D eigenvalue weighted by atomic mass is 17.3. The van der Waals surface area contributed by atoms with Gasteiger partial charge in [0, 0.05) is 42.9 Å². The second-order valence-electron chi connectivity index (χ2n) is 24.1. The summed E-state index contributed by atoms with van der Waals surface area (Å²) >= 11 is 0. The first-order valence-electron chi connectivity index (χ1n) is 26.0. The molecule has 3 aliphatic carbocycles. The first kappa shape index (κ1) is 46.2. The monoisotopic (exact) mass is 943 g/mol. The molecule has 12 aliphatic heterocycles. The van der Waals surface area contributed by atoms with Crippen molar-refractivity contribution in [2.45, 2.75) is 224 Å². The average Bonchev–Trinajstić information content (AvgIpc) is 3.76. The van der Waals surface area contributed by atoms with Gasteiger partial charge in [-0.2, -0.15) is 4.90 Å². The minimum atomic E-state index is -1.16. The molecule has 3 saturated carbocycles. The number of carbonyl (C=O) groups excluding carboxylic acids is 3. The van der Waals surface area contributed by atoms with Crippen molar-refractivity contribution in [2.75, 3.05) is 0 Å². The van der Waals surface area contributed by atoms with E-state index in [9.17, 15) is 4.79 Å². The summed E-state index contributed by atoms with van der Waals surface area (Å²) in [6.45, 7) is 18.4. The number of rotatable bonds is 5. The fourth-order valence-corrected chi connectivity index (χ4v) is 16.5. The molecular formula is C50H73NO16. The molecule has 3 spiro atoms. The lowest BCUT2D eigenvalue weighted by Gasteiger charge is -2.60. The van der Waals surface area contributed by atoms with Crippen LogP contribution in [0.1, 0.15) is 152 Å². The van der Waals surface area contributed by atoms with Gasteiger partial charge < -0.3 is 33.2 Å². The lowest BCUT2D eigenvalue weighted by atomic mass is 9.57. The normalized spacial score (nSPS) is 56.9. The largest absolute Gasteiger partial charge is 0.425 e.